The maximum atomic E-state index is 10.6. The summed E-state index contributed by atoms with van der Waals surface area (Å²) in [7, 11) is 0. The summed E-state index contributed by atoms with van der Waals surface area (Å²) >= 11 is 3.68. The third kappa shape index (κ3) is 1.68. The number of halogens is 1. The molecule has 0 aliphatic heterocycles. The summed E-state index contributed by atoms with van der Waals surface area (Å²) in [5.74, 6) is 0. The van der Waals surface area contributed by atoms with Crippen molar-refractivity contribution in [3.05, 3.63) is 33.9 Å². The molecule has 0 aromatic heterocycles. The highest BCUT2D eigenvalue weighted by Gasteiger charge is 2.53. The second kappa shape index (κ2) is 4.10. The first-order chi connectivity index (χ1) is 7.82. The molecule has 0 aromatic rings. The number of hydrogen-bond donors (Lipinski definition) is 1. The van der Waals surface area contributed by atoms with Gasteiger partial charge < -0.3 is 5.11 Å². The molecule has 0 saturated carbocycles. The van der Waals surface area contributed by atoms with Crippen LogP contribution in [0.2, 0.25) is 0 Å². The molecule has 2 atom stereocenters. The van der Waals surface area contributed by atoms with Crippen LogP contribution in [0.25, 0.3) is 0 Å². The van der Waals surface area contributed by atoms with Crippen LogP contribution in [0.3, 0.4) is 0 Å². The van der Waals surface area contributed by atoms with Gasteiger partial charge >= 0.3 is 0 Å². The predicted molar refractivity (Wildman–Crippen MR) is 76.0 cm³/mol. The Morgan fingerprint density at radius 2 is 1.94 bits per heavy atom. The van der Waals surface area contributed by atoms with Crippen LogP contribution in [0, 0.1) is 10.8 Å². The number of allylic oxidation sites excluding steroid dienone is 4. The van der Waals surface area contributed by atoms with Gasteiger partial charge in [0.15, 0.2) is 0 Å². The summed E-state index contributed by atoms with van der Waals surface area (Å²) in [6.07, 6.45) is 7.98. The van der Waals surface area contributed by atoms with E-state index in [4.69, 9.17) is 0 Å². The monoisotopic (exact) mass is 296 g/mol. The van der Waals surface area contributed by atoms with E-state index in [1.54, 1.807) is 0 Å². The molecule has 0 bridgehead atoms. The Labute approximate surface area is 112 Å². The van der Waals surface area contributed by atoms with Crippen molar-refractivity contribution in [2.75, 3.05) is 0 Å². The molecule has 0 heterocycles. The summed E-state index contributed by atoms with van der Waals surface area (Å²) in [6.45, 7) is 8.70. The van der Waals surface area contributed by atoms with Crippen molar-refractivity contribution in [2.24, 2.45) is 10.8 Å². The zero-order valence-electron chi connectivity index (χ0n) is 11.0. The third-order valence-electron chi connectivity index (χ3n) is 4.75. The second-order valence-corrected chi connectivity index (χ2v) is 6.79. The number of hydrogen-bond acceptors (Lipinski definition) is 1. The van der Waals surface area contributed by atoms with Crippen LogP contribution >= 0.6 is 15.9 Å². The van der Waals surface area contributed by atoms with Crippen molar-refractivity contribution in [2.45, 2.75) is 46.6 Å². The quantitative estimate of drug-likeness (QED) is 0.659. The first-order valence-corrected chi connectivity index (χ1v) is 7.00. The minimum absolute atomic E-state index is 0.0531. The number of aliphatic hydroxyl groups excluding tert-OH is 1. The van der Waals surface area contributed by atoms with Crippen LogP contribution in [0.4, 0.5) is 0 Å². The van der Waals surface area contributed by atoms with Crippen molar-refractivity contribution in [1.82, 2.24) is 0 Å². The Morgan fingerprint density at radius 3 is 2.53 bits per heavy atom. The average molecular weight is 297 g/mol. The minimum atomic E-state index is -0.292. The Bertz CT molecular complexity index is 428. The average Bonchev–Trinajstić information content (AvgIpc) is 2.23. The van der Waals surface area contributed by atoms with Gasteiger partial charge in [0.05, 0.1) is 6.10 Å². The molecule has 2 heteroatoms. The zero-order chi connectivity index (χ0) is 12.8. The standard InChI is InChI=1S/C15H21BrO/c1-10-7-8-15(13(17)9-10)11(2)5-6-12(16)14(15,3)4/h5-7,13,17H,8-9H2,1-4H3/t13-,15-/m0/s1. The fourth-order valence-corrected chi connectivity index (χ4v) is 3.88. The second-order valence-electron chi connectivity index (χ2n) is 5.94. The van der Waals surface area contributed by atoms with E-state index < -0.39 is 0 Å². The van der Waals surface area contributed by atoms with Gasteiger partial charge in [0.25, 0.3) is 0 Å². The van der Waals surface area contributed by atoms with E-state index in [0.29, 0.717) is 0 Å². The van der Waals surface area contributed by atoms with Crippen LogP contribution in [-0.4, -0.2) is 11.2 Å². The normalized spacial score (nSPS) is 36.4. The van der Waals surface area contributed by atoms with Gasteiger partial charge in [-0.15, -0.1) is 0 Å². The number of aliphatic hydroxyl groups is 1. The van der Waals surface area contributed by atoms with Crippen LogP contribution in [0.1, 0.15) is 40.5 Å². The first-order valence-electron chi connectivity index (χ1n) is 6.21. The first kappa shape index (κ1) is 13.1. The van der Waals surface area contributed by atoms with E-state index in [0.717, 1.165) is 12.8 Å². The van der Waals surface area contributed by atoms with E-state index in [9.17, 15) is 5.11 Å². The number of rotatable bonds is 0. The van der Waals surface area contributed by atoms with Crippen LogP contribution < -0.4 is 0 Å². The van der Waals surface area contributed by atoms with Crippen molar-refractivity contribution in [3.8, 4) is 0 Å². The van der Waals surface area contributed by atoms with Crippen molar-refractivity contribution < 1.29 is 5.11 Å². The summed E-state index contributed by atoms with van der Waals surface area (Å²) in [5, 5.41) is 10.6. The molecule has 94 valence electrons. The van der Waals surface area contributed by atoms with Gasteiger partial charge in [-0.05, 0) is 26.7 Å². The van der Waals surface area contributed by atoms with E-state index in [2.05, 4.69) is 61.9 Å². The molecule has 2 aliphatic carbocycles. The fraction of sp³-hybridized carbons (Fsp3) is 0.600. The van der Waals surface area contributed by atoms with Gasteiger partial charge in [-0.1, -0.05) is 59.2 Å². The van der Waals surface area contributed by atoms with E-state index in [1.165, 1.54) is 15.6 Å². The molecule has 0 fully saturated rings. The largest absolute Gasteiger partial charge is 0.392 e. The molecule has 0 aromatic carbocycles. The highest BCUT2D eigenvalue weighted by molar-refractivity contribution is 9.11. The maximum Gasteiger partial charge on any atom is 0.0682 e. The fourth-order valence-electron chi connectivity index (χ4n) is 3.39. The van der Waals surface area contributed by atoms with Crippen molar-refractivity contribution in [1.29, 1.82) is 0 Å². The van der Waals surface area contributed by atoms with Crippen LogP contribution in [0.5, 0.6) is 0 Å². The molecule has 1 spiro atoms. The Balaban J connectivity index is 2.56. The summed E-state index contributed by atoms with van der Waals surface area (Å²) in [6, 6.07) is 0. The van der Waals surface area contributed by atoms with E-state index in [-0.39, 0.29) is 16.9 Å². The molecular weight excluding hydrogens is 276 g/mol. The molecule has 0 amide bonds. The summed E-state index contributed by atoms with van der Waals surface area (Å²) in [5.41, 5.74) is 2.39. The third-order valence-corrected chi connectivity index (χ3v) is 6.01. The topological polar surface area (TPSA) is 20.2 Å². The van der Waals surface area contributed by atoms with E-state index >= 15 is 0 Å². The molecular formula is C15H21BrO. The van der Waals surface area contributed by atoms with Crippen molar-refractivity contribution >= 4 is 15.9 Å². The smallest absolute Gasteiger partial charge is 0.0682 e. The molecule has 0 saturated heterocycles. The highest BCUT2D eigenvalue weighted by Crippen LogP contribution is 2.59. The predicted octanol–water partition coefficient (Wildman–Crippen LogP) is 4.34. The van der Waals surface area contributed by atoms with Crippen LogP contribution in [-0.2, 0) is 0 Å². The lowest BCUT2D eigenvalue weighted by Crippen LogP contribution is -2.50. The highest BCUT2D eigenvalue weighted by atomic mass is 79.9. The summed E-state index contributed by atoms with van der Waals surface area (Å²) < 4.78 is 1.18. The molecule has 1 N–H and O–H groups in total. The van der Waals surface area contributed by atoms with Crippen LogP contribution in [0.15, 0.2) is 33.9 Å². The lowest BCUT2D eigenvalue weighted by Gasteiger charge is -2.54. The zero-order valence-corrected chi connectivity index (χ0v) is 12.6. The molecule has 2 aliphatic rings. The molecule has 2 rings (SSSR count). The summed E-state index contributed by atoms with van der Waals surface area (Å²) in [4.78, 5) is 0. The van der Waals surface area contributed by atoms with Gasteiger partial charge in [0.2, 0.25) is 0 Å². The van der Waals surface area contributed by atoms with Gasteiger partial charge in [0.1, 0.15) is 0 Å². The maximum absolute atomic E-state index is 10.6. The molecule has 0 unspecified atom stereocenters. The Kier molecular flexibility index (Phi) is 3.16. The molecule has 17 heavy (non-hydrogen) atoms. The Morgan fingerprint density at radius 1 is 1.29 bits per heavy atom. The molecule has 1 nitrogen and oxygen atoms in total. The SMILES string of the molecule is CC1=CC[C@]2(C(C)=CC=C(Br)C2(C)C)[C@@H](O)C1. The van der Waals surface area contributed by atoms with Gasteiger partial charge in [-0.2, -0.15) is 0 Å². The lowest BCUT2D eigenvalue weighted by molar-refractivity contribution is -0.0195. The van der Waals surface area contributed by atoms with Gasteiger partial charge in [-0.25, -0.2) is 0 Å². The van der Waals surface area contributed by atoms with E-state index in [1.807, 2.05) is 0 Å². The Hall–Kier alpha value is -0.340. The minimum Gasteiger partial charge on any atom is -0.392 e. The molecule has 0 radical (unpaired) electrons. The van der Waals surface area contributed by atoms with Crippen molar-refractivity contribution in [3.63, 3.8) is 0 Å². The lowest BCUT2D eigenvalue weighted by atomic mass is 9.53. The van der Waals surface area contributed by atoms with Gasteiger partial charge in [0, 0.05) is 15.3 Å². The van der Waals surface area contributed by atoms with Gasteiger partial charge in [-0.3, -0.25) is 0 Å².